The van der Waals surface area contributed by atoms with Crippen molar-refractivity contribution in [1.29, 1.82) is 0 Å². The Kier molecular flexibility index (Phi) is 2.44. The van der Waals surface area contributed by atoms with Gasteiger partial charge in [0.15, 0.2) is 5.82 Å². The summed E-state index contributed by atoms with van der Waals surface area (Å²) < 4.78 is 4.23. The molecule has 3 aromatic rings. The van der Waals surface area contributed by atoms with Crippen molar-refractivity contribution in [2.45, 2.75) is 20.4 Å². The van der Waals surface area contributed by atoms with Crippen molar-refractivity contribution in [1.82, 2.24) is 19.3 Å². The molecule has 4 nitrogen and oxygen atoms in total. The van der Waals surface area contributed by atoms with Gasteiger partial charge in [-0.3, -0.25) is 0 Å². The standard InChI is InChI=1S/C14H16N4/c1-10-4-5-13-12(8-10)6-7-18(13)9-14-16-15-11(2)17(14)3/h4-8H,9H2,1-3H3. The quantitative estimate of drug-likeness (QED) is 0.689. The number of aromatic nitrogens is 4. The molecule has 18 heavy (non-hydrogen) atoms. The van der Waals surface area contributed by atoms with Gasteiger partial charge in [0, 0.05) is 18.8 Å². The zero-order valence-electron chi connectivity index (χ0n) is 10.9. The van der Waals surface area contributed by atoms with Gasteiger partial charge < -0.3 is 9.13 Å². The van der Waals surface area contributed by atoms with Crippen LogP contribution < -0.4 is 0 Å². The number of nitrogens with zero attached hydrogens (tertiary/aromatic N) is 4. The summed E-state index contributed by atoms with van der Waals surface area (Å²) in [5.41, 5.74) is 2.52. The maximum absolute atomic E-state index is 4.21. The Labute approximate surface area is 106 Å². The largest absolute Gasteiger partial charge is 0.340 e. The fourth-order valence-electron chi connectivity index (χ4n) is 2.20. The minimum absolute atomic E-state index is 0.754. The highest BCUT2D eigenvalue weighted by Gasteiger charge is 2.07. The summed E-state index contributed by atoms with van der Waals surface area (Å²) in [4.78, 5) is 0. The van der Waals surface area contributed by atoms with E-state index in [1.807, 2.05) is 18.5 Å². The van der Waals surface area contributed by atoms with E-state index in [2.05, 4.69) is 52.2 Å². The SMILES string of the molecule is Cc1ccc2c(ccn2Cc2nnc(C)n2C)c1. The minimum atomic E-state index is 0.754. The van der Waals surface area contributed by atoms with E-state index >= 15 is 0 Å². The van der Waals surface area contributed by atoms with Crippen molar-refractivity contribution in [3.8, 4) is 0 Å². The molecular formula is C14H16N4. The first kappa shape index (κ1) is 11.0. The third-order valence-electron chi connectivity index (χ3n) is 3.42. The normalized spacial score (nSPS) is 11.3. The first-order chi connectivity index (χ1) is 8.65. The Morgan fingerprint density at radius 3 is 2.67 bits per heavy atom. The number of fused-ring (bicyclic) bond motifs is 1. The van der Waals surface area contributed by atoms with Crippen LogP contribution in [0.1, 0.15) is 17.2 Å². The van der Waals surface area contributed by atoms with Crippen LogP contribution in [-0.4, -0.2) is 19.3 Å². The first-order valence-electron chi connectivity index (χ1n) is 6.05. The molecule has 0 saturated heterocycles. The monoisotopic (exact) mass is 240 g/mol. The van der Waals surface area contributed by atoms with Gasteiger partial charge in [-0.2, -0.15) is 0 Å². The van der Waals surface area contributed by atoms with Gasteiger partial charge in [-0.05, 0) is 37.4 Å². The zero-order chi connectivity index (χ0) is 12.7. The molecule has 0 N–H and O–H groups in total. The topological polar surface area (TPSA) is 35.6 Å². The summed E-state index contributed by atoms with van der Waals surface area (Å²) in [5.74, 6) is 1.92. The second-order valence-corrected chi connectivity index (χ2v) is 4.73. The molecule has 0 aliphatic heterocycles. The number of aryl methyl sites for hydroxylation is 2. The van der Waals surface area contributed by atoms with Crippen molar-refractivity contribution in [2.75, 3.05) is 0 Å². The molecule has 1 aromatic carbocycles. The van der Waals surface area contributed by atoms with Gasteiger partial charge in [0.25, 0.3) is 0 Å². The highest BCUT2D eigenvalue weighted by Crippen LogP contribution is 2.18. The second kappa shape index (κ2) is 3.98. The molecule has 0 atom stereocenters. The van der Waals surface area contributed by atoms with Crippen molar-refractivity contribution in [2.24, 2.45) is 7.05 Å². The average molecular weight is 240 g/mol. The third kappa shape index (κ3) is 1.70. The first-order valence-corrected chi connectivity index (χ1v) is 6.05. The molecule has 0 saturated carbocycles. The third-order valence-corrected chi connectivity index (χ3v) is 3.42. The van der Waals surface area contributed by atoms with Gasteiger partial charge in [-0.1, -0.05) is 11.6 Å². The lowest BCUT2D eigenvalue weighted by atomic mass is 10.2. The van der Waals surface area contributed by atoms with E-state index in [9.17, 15) is 0 Å². The van der Waals surface area contributed by atoms with Crippen LogP contribution in [0.5, 0.6) is 0 Å². The lowest BCUT2D eigenvalue weighted by Crippen LogP contribution is -2.05. The van der Waals surface area contributed by atoms with Crippen LogP contribution in [0.4, 0.5) is 0 Å². The van der Waals surface area contributed by atoms with Gasteiger partial charge in [-0.25, -0.2) is 0 Å². The highest BCUT2D eigenvalue weighted by molar-refractivity contribution is 5.80. The number of hydrogen-bond donors (Lipinski definition) is 0. The molecule has 2 heterocycles. The summed E-state index contributed by atoms with van der Waals surface area (Å²) >= 11 is 0. The fraction of sp³-hybridized carbons (Fsp3) is 0.286. The van der Waals surface area contributed by atoms with Crippen LogP contribution in [0.15, 0.2) is 30.5 Å². The minimum Gasteiger partial charge on any atom is -0.340 e. The molecule has 0 amide bonds. The molecule has 0 radical (unpaired) electrons. The molecule has 0 aliphatic rings. The van der Waals surface area contributed by atoms with Crippen molar-refractivity contribution in [3.63, 3.8) is 0 Å². The van der Waals surface area contributed by atoms with E-state index < -0.39 is 0 Å². The van der Waals surface area contributed by atoms with Crippen molar-refractivity contribution in [3.05, 3.63) is 47.7 Å². The molecule has 2 aromatic heterocycles. The lowest BCUT2D eigenvalue weighted by molar-refractivity contribution is 0.708. The number of rotatable bonds is 2. The maximum atomic E-state index is 4.21. The molecule has 0 aliphatic carbocycles. The van der Waals surface area contributed by atoms with Gasteiger partial charge in [0.1, 0.15) is 5.82 Å². The van der Waals surface area contributed by atoms with Gasteiger partial charge >= 0.3 is 0 Å². The summed E-state index contributed by atoms with van der Waals surface area (Å²) in [7, 11) is 2.00. The molecule has 92 valence electrons. The Morgan fingerprint density at radius 1 is 1.11 bits per heavy atom. The predicted molar refractivity (Wildman–Crippen MR) is 71.5 cm³/mol. The van der Waals surface area contributed by atoms with Crippen LogP contribution in [0, 0.1) is 13.8 Å². The van der Waals surface area contributed by atoms with Gasteiger partial charge in [0.2, 0.25) is 0 Å². The molecule has 3 rings (SSSR count). The Bertz CT molecular complexity index is 706. The molecular weight excluding hydrogens is 224 g/mol. The van der Waals surface area contributed by atoms with Crippen LogP contribution in [0.3, 0.4) is 0 Å². The fourth-order valence-corrected chi connectivity index (χ4v) is 2.20. The van der Waals surface area contributed by atoms with Crippen molar-refractivity contribution < 1.29 is 0 Å². The number of benzene rings is 1. The maximum Gasteiger partial charge on any atom is 0.152 e. The van der Waals surface area contributed by atoms with Crippen LogP contribution in [0.25, 0.3) is 10.9 Å². The zero-order valence-corrected chi connectivity index (χ0v) is 10.9. The average Bonchev–Trinajstić information content (AvgIpc) is 2.88. The summed E-state index contributed by atoms with van der Waals surface area (Å²) in [6.45, 7) is 4.83. The van der Waals surface area contributed by atoms with E-state index in [1.54, 1.807) is 0 Å². The molecule has 4 heteroatoms. The lowest BCUT2D eigenvalue weighted by Gasteiger charge is -2.05. The Morgan fingerprint density at radius 2 is 1.94 bits per heavy atom. The van der Waals surface area contributed by atoms with E-state index in [4.69, 9.17) is 0 Å². The molecule has 0 unspecified atom stereocenters. The summed E-state index contributed by atoms with van der Waals surface area (Å²) in [5, 5.41) is 9.57. The smallest absolute Gasteiger partial charge is 0.152 e. The summed E-state index contributed by atoms with van der Waals surface area (Å²) in [6.07, 6.45) is 2.11. The highest BCUT2D eigenvalue weighted by atomic mass is 15.3. The van der Waals surface area contributed by atoms with E-state index in [1.165, 1.54) is 16.5 Å². The second-order valence-electron chi connectivity index (χ2n) is 4.73. The van der Waals surface area contributed by atoms with Crippen LogP contribution in [0.2, 0.25) is 0 Å². The van der Waals surface area contributed by atoms with Crippen LogP contribution in [-0.2, 0) is 13.6 Å². The van der Waals surface area contributed by atoms with Gasteiger partial charge in [0.05, 0.1) is 6.54 Å². The van der Waals surface area contributed by atoms with E-state index in [0.29, 0.717) is 0 Å². The number of hydrogen-bond acceptors (Lipinski definition) is 2. The Hall–Kier alpha value is -2.10. The molecule has 0 spiro atoms. The predicted octanol–water partition coefficient (Wildman–Crippen LogP) is 2.43. The van der Waals surface area contributed by atoms with Crippen LogP contribution >= 0.6 is 0 Å². The molecule has 0 fully saturated rings. The molecule has 0 bridgehead atoms. The van der Waals surface area contributed by atoms with E-state index in [-0.39, 0.29) is 0 Å². The van der Waals surface area contributed by atoms with Gasteiger partial charge in [-0.15, -0.1) is 10.2 Å². The van der Waals surface area contributed by atoms with E-state index in [0.717, 1.165) is 18.2 Å². The Balaban J connectivity index is 2.03. The van der Waals surface area contributed by atoms with Crippen molar-refractivity contribution >= 4 is 10.9 Å². The summed E-state index contributed by atoms with van der Waals surface area (Å²) in [6, 6.07) is 8.65.